The van der Waals surface area contributed by atoms with Crippen molar-refractivity contribution in [3.05, 3.63) is 11.6 Å². The zero-order valence-electron chi connectivity index (χ0n) is 10.7. The van der Waals surface area contributed by atoms with Gasteiger partial charge in [0.2, 0.25) is 0 Å². The second kappa shape index (κ2) is 6.29. The van der Waals surface area contributed by atoms with Crippen LogP contribution in [-0.2, 0) is 0 Å². The first-order valence-electron chi connectivity index (χ1n) is 6.28. The molecule has 88 valence electrons. The Bertz CT molecular complexity index is 207. The number of piperazine rings is 1. The third kappa shape index (κ3) is 3.96. The summed E-state index contributed by atoms with van der Waals surface area (Å²) in [4.78, 5) is 2.62. The Hall–Kier alpha value is -0.340. The first-order valence-corrected chi connectivity index (χ1v) is 6.28. The van der Waals surface area contributed by atoms with Gasteiger partial charge in [0.1, 0.15) is 0 Å². The SMILES string of the molecule is CCC1CN(CC=C(C)C)C(CC)CN1. The van der Waals surface area contributed by atoms with Crippen LogP contribution in [0.15, 0.2) is 11.6 Å². The van der Waals surface area contributed by atoms with Crippen LogP contribution < -0.4 is 5.32 Å². The lowest BCUT2D eigenvalue weighted by Gasteiger charge is -2.39. The topological polar surface area (TPSA) is 15.3 Å². The Kier molecular flexibility index (Phi) is 5.34. The van der Waals surface area contributed by atoms with Crippen molar-refractivity contribution in [1.82, 2.24) is 10.2 Å². The van der Waals surface area contributed by atoms with Crippen LogP contribution in [0.1, 0.15) is 40.5 Å². The number of hydrogen-bond donors (Lipinski definition) is 1. The van der Waals surface area contributed by atoms with E-state index >= 15 is 0 Å². The van der Waals surface area contributed by atoms with E-state index in [0.717, 1.165) is 19.1 Å². The number of nitrogens with one attached hydrogen (secondary N) is 1. The molecule has 1 heterocycles. The van der Waals surface area contributed by atoms with Crippen LogP contribution in [0.2, 0.25) is 0 Å². The van der Waals surface area contributed by atoms with E-state index in [0.29, 0.717) is 6.04 Å². The van der Waals surface area contributed by atoms with Gasteiger partial charge >= 0.3 is 0 Å². The zero-order valence-corrected chi connectivity index (χ0v) is 10.7. The normalized spacial score (nSPS) is 27.7. The highest BCUT2D eigenvalue weighted by Crippen LogP contribution is 2.12. The Morgan fingerprint density at radius 1 is 1.33 bits per heavy atom. The van der Waals surface area contributed by atoms with Gasteiger partial charge in [-0.15, -0.1) is 0 Å². The molecule has 2 nitrogen and oxygen atoms in total. The van der Waals surface area contributed by atoms with Gasteiger partial charge in [-0.3, -0.25) is 4.90 Å². The summed E-state index contributed by atoms with van der Waals surface area (Å²) in [6.45, 7) is 12.4. The quantitative estimate of drug-likeness (QED) is 0.717. The predicted molar refractivity (Wildman–Crippen MR) is 67.2 cm³/mol. The van der Waals surface area contributed by atoms with Crippen LogP contribution >= 0.6 is 0 Å². The molecule has 0 bridgehead atoms. The number of rotatable bonds is 4. The zero-order chi connectivity index (χ0) is 11.3. The molecule has 2 heteroatoms. The van der Waals surface area contributed by atoms with Gasteiger partial charge in [0.25, 0.3) is 0 Å². The molecule has 1 rings (SSSR count). The summed E-state index contributed by atoms with van der Waals surface area (Å²) in [6, 6.07) is 1.42. The van der Waals surface area contributed by atoms with Gasteiger partial charge < -0.3 is 5.32 Å². The van der Waals surface area contributed by atoms with Gasteiger partial charge in [-0.25, -0.2) is 0 Å². The van der Waals surface area contributed by atoms with Crippen molar-refractivity contribution in [3.8, 4) is 0 Å². The van der Waals surface area contributed by atoms with Crippen molar-refractivity contribution in [2.75, 3.05) is 19.6 Å². The number of hydrogen-bond acceptors (Lipinski definition) is 2. The maximum atomic E-state index is 3.63. The van der Waals surface area contributed by atoms with E-state index < -0.39 is 0 Å². The summed E-state index contributed by atoms with van der Waals surface area (Å²) in [7, 11) is 0. The molecule has 1 saturated heterocycles. The summed E-state index contributed by atoms with van der Waals surface area (Å²) in [5, 5.41) is 3.63. The molecule has 0 spiro atoms. The summed E-state index contributed by atoms with van der Waals surface area (Å²) in [5.74, 6) is 0. The second-order valence-corrected chi connectivity index (χ2v) is 4.81. The fourth-order valence-electron chi connectivity index (χ4n) is 2.13. The summed E-state index contributed by atoms with van der Waals surface area (Å²) < 4.78 is 0. The summed E-state index contributed by atoms with van der Waals surface area (Å²) in [6.07, 6.45) is 4.84. The van der Waals surface area contributed by atoms with E-state index in [9.17, 15) is 0 Å². The minimum Gasteiger partial charge on any atom is -0.311 e. The first-order chi connectivity index (χ1) is 7.17. The van der Waals surface area contributed by atoms with Gasteiger partial charge in [-0.05, 0) is 26.7 Å². The maximum Gasteiger partial charge on any atom is 0.0222 e. The molecule has 0 aromatic carbocycles. The van der Waals surface area contributed by atoms with Crippen LogP contribution in [0.25, 0.3) is 0 Å². The van der Waals surface area contributed by atoms with Gasteiger partial charge in [-0.2, -0.15) is 0 Å². The molecule has 0 aromatic heterocycles. The highest BCUT2D eigenvalue weighted by molar-refractivity contribution is 4.97. The minimum absolute atomic E-state index is 0.693. The maximum absolute atomic E-state index is 3.63. The third-order valence-electron chi connectivity index (χ3n) is 3.31. The first kappa shape index (κ1) is 12.7. The molecule has 0 radical (unpaired) electrons. The standard InChI is InChI=1S/C13H26N2/c1-5-12-10-15(8-7-11(3)4)13(6-2)9-14-12/h7,12-14H,5-6,8-10H2,1-4H3. The van der Waals surface area contributed by atoms with E-state index in [4.69, 9.17) is 0 Å². The van der Waals surface area contributed by atoms with Crippen molar-refractivity contribution in [2.24, 2.45) is 0 Å². The molecule has 0 aliphatic carbocycles. The molecule has 0 saturated carbocycles. The second-order valence-electron chi connectivity index (χ2n) is 4.81. The lowest BCUT2D eigenvalue weighted by atomic mass is 10.1. The van der Waals surface area contributed by atoms with Crippen LogP contribution in [0.3, 0.4) is 0 Å². The molecule has 0 amide bonds. The number of nitrogens with zero attached hydrogens (tertiary/aromatic N) is 1. The van der Waals surface area contributed by atoms with Crippen molar-refractivity contribution in [2.45, 2.75) is 52.6 Å². The molecule has 2 unspecified atom stereocenters. The van der Waals surface area contributed by atoms with Crippen LogP contribution in [0.4, 0.5) is 0 Å². The lowest BCUT2D eigenvalue weighted by molar-refractivity contribution is 0.139. The van der Waals surface area contributed by atoms with E-state index in [1.54, 1.807) is 0 Å². The Balaban J connectivity index is 2.51. The van der Waals surface area contributed by atoms with Crippen LogP contribution in [0, 0.1) is 0 Å². The lowest BCUT2D eigenvalue weighted by Crippen LogP contribution is -2.55. The smallest absolute Gasteiger partial charge is 0.0222 e. The van der Waals surface area contributed by atoms with Gasteiger partial charge in [-0.1, -0.05) is 25.5 Å². The van der Waals surface area contributed by atoms with E-state index in [1.165, 1.54) is 25.0 Å². The van der Waals surface area contributed by atoms with Gasteiger partial charge in [0.15, 0.2) is 0 Å². The largest absolute Gasteiger partial charge is 0.311 e. The molecular formula is C13H26N2. The number of allylic oxidation sites excluding steroid dienone is 1. The monoisotopic (exact) mass is 210 g/mol. The molecule has 15 heavy (non-hydrogen) atoms. The Morgan fingerprint density at radius 3 is 2.60 bits per heavy atom. The van der Waals surface area contributed by atoms with Crippen LogP contribution in [-0.4, -0.2) is 36.6 Å². The molecule has 1 aliphatic rings. The fourth-order valence-corrected chi connectivity index (χ4v) is 2.13. The van der Waals surface area contributed by atoms with E-state index in [1.807, 2.05) is 0 Å². The highest BCUT2D eigenvalue weighted by Gasteiger charge is 2.24. The Morgan fingerprint density at radius 2 is 2.07 bits per heavy atom. The predicted octanol–water partition coefficient (Wildman–Crippen LogP) is 2.42. The highest BCUT2D eigenvalue weighted by atomic mass is 15.2. The average Bonchev–Trinajstić information content (AvgIpc) is 2.25. The Labute approximate surface area is 94.7 Å². The molecule has 2 atom stereocenters. The minimum atomic E-state index is 0.693. The molecule has 1 fully saturated rings. The van der Waals surface area contributed by atoms with Crippen molar-refractivity contribution in [1.29, 1.82) is 0 Å². The molecule has 0 aromatic rings. The summed E-state index contributed by atoms with van der Waals surface area (Å²) >= 11 is 0. The molecular weight excluding hydrogens is 184 g/mol. The summed E-state index contributed by atoms with van der Waals surface area (Å²) in [5.41, 5.74) is 1.43. The van der Waals surface area contributed by atoms with Crippen molar-refractivity contribution >= 4 is 0 Å². The van der Waals surface area contributed by atoms with Crippen molar-refractivity contribution < 1.29 is 0 Å². The third-order valence-corrected chi connectivity index (χ3v) is 3.31. The van der Waals surface area contributed by atoms with E-state index in [2.05, 4.69) is 44.0 Å². The van der Waals surface area contributed by atoms with Crippen molar-refractivity contribution in [3.63, 3.8) is 0 Å². The molecule has 1 aliphatic heterocycles. The average molecular weight is 210 g/mol. The van der Waals surface area contributed by atoms with Gasteiger partial charge in [0.05, 0.1) is 0 Å². The van der Waals surface area contributed by atoms with Gasteiger partial charge in [0, 0.05) is 31.7 Å². The fraction of sp³-hybridized carbons (Fsp3) is 0.846. The van der Waals surface area contributed by atoms with E-state index in [-0.39, 0.29) is 0 Å². The van der Waals surface area contributed by atoms with Crippen LogP contribution in [0.5, 0.6) is 0 Å². The molecule has 1 N–H and O–H groups in total.